The number of carbonyl (C=O) groups excluding carboxylic acids is 2. The predicted molar refractivity (Wildman–Crippen MR) is 107 cm³/mol. The normalized spacial score (nSPS) is 10.6. The molecule has 1 heterocycles. The van der Waals surface area contributed by atoms with E-state index >= 15 is 0 Å². The van der Waals surface area contributed by atoms with E-state index in [-0.39, 0.29) is 11.8 Å². The van der Waals surface area contributed by atoms with Gasteiger partial charge in [-0.1, -0.05) is 35.5 Å². The number of carbonyl (C=O) groups is 2. The molecular weight excluding hydrogens is 354 g/mol. The van der Waals surface area contributed by atoms with Crippen molar-refractivity contribution in [2.24, 2.45) is 0 Å². The molecule has 6 nitrogen and oxygen atoms in total. The van der Waals surface area contributed by atoms with Gasteiger partial charge in [-0.3, -0.25) is 9.59 Å². The zero-order valence-corrected chi connectivity index (χ0v) is 15.1. The van der Waals surface area contributed by atoms with Crippen molar-refractivity contribution in [1.82, 2.24) is 10.5 Å². The molecular formula is C22H17N3O3. The number of hydrogen-bond acceptors (Lipinski definition) is 4. The van der Waals surface area contributed by atoms with Crippen molar-refractivity contribution in [3.05, 3.63) is 83.9 Å². The maximum absolute atomic E-state index is 12.7. The van der Waals surface area contributed by atoms with E-state index in [1.807, 2.05) is 30.3 Å². The second-order valence-corrected chi connectivity index (χ2v) is 6.22. The van der Waals surface area contributed by atoms with Crippen LogP contribution in [0.1, 0.15) is 20.7 Å². The van der Waals surface area contributed by atoms with E-state index in [1.54, 1.807) is 49.5 Å². The number of amides is 2. The fourth-order valence-electron chi connectivity index (χ4n) is 2.93. The molecule has 2 amide bonds. The van der Waals surface area contributed by atoms with E-state index in [9.17, 15) is 9.59 Å². The topological polar surface area (TPSA) is 84.2 Å². The number of fused-ring (bicyclic) bond motifs is 1. The van der Waals surface area contributed by atoms with Gasteiger partial charge in [0.2, 0.25) is 0 Å². The van der Waals surface area contributed by atoms with E-state index in [0.29, 0.717) is 28.1 Å². The van der Waals surface area contributed by atoms with Crippen molar-refractivity contribution < 1.29 is 14.1 Å². The highest BCUT2D eigenvalue weighted by atomic mass is 16.5. The van der Waals surface area contributed by atoms with E-state index in [0.717, 1.165) is 10.9 Å². The predicted octanol–water partition coefficient (Wildman–Crippen LogP) is 4.11. The lowest BCUT2D eigenvalue weighted by molar-refractivity contribution is 0.0962. The molecule has 138 valence electrons. The molecule has 0 radical (unpaired) electrons. The Hall–Kier alpha value is -3.93. The van der Waals surface area contributed by atoms with Gasteiger partial charge in [0.15, 0.2) is 5.76 Å². The molecule has 0 fully saturated rings. The first-order chi connectivity index (χ1) is 13.7. The van der Waals surface area contributed by atoms with Crippen LogP contribution in [-0.4, -0.2) is 24.0 Å². The molecule has 0 saturated carbocycles. The smallest absolute Gasteiger partial charge is 0.255 e. The number of rotatable bonds is 4. The highest BCUT2D eigenvalue weighted by Crippen LogP contribution is 2.29. The Bertz CT molecular complexity index is 1150. The molecule has 0 bridgehead atoms. The lowest BCUT2D eigenvalue weighted by atomic mass is 10.1. The van der Waals surface area contributed by atoms with Gasteiger partial charge in [-0.05, 0) is 42.5 Å². The summed E-state index contributed by atoms with van der Waals surface area (Å²) in [5.74, 6) is 0.194. The zero-order valence-electron chi connectivity index (χ0n) is 15.1. The van der Waals surface area contributed by atoms with Crippen LogP contribution in [0.2, 0.25) is 0 Å². The van der Waals surface area contributed by atoms with Crippen molar-refractivity contribution in [3.8, 4) is 11.3 Å². The fraction of sp³-hybridized carbons (Fsp3) is 0.0455. The van der Waals surface area contributed by atoms with Crippen LogP contribution in [0.25, 0.3) is 22.2 Å². The number of aromatic nitrogens is 1. The Morgan fingerprint density at radius 1 is 0.857 bits per heavy atom. The molecule has 6 heteroatoms. The number of hydrogen-bond donors (Lipinski definition) is 2. The van der Waals surface area contributed by atoms with Gasteiger partial charge in [0.05, 0.1) is 5.39 Å². The molecule has 0 atom stereocenters. The molecule has 1 aromatic heterocycles. The molecule has 0 spiro atoms. The zero-order chi connectivity index (χ0) is 19.5. The molecule has 28 heavy (non-hydrogen) atoms. The molecule has 0 aliphatic heterocycles. The SMILES string of the molecule is CNC(=O)c1ccc(NC(=O)c2ccc3noc(-c4ccccc4)c3c2)cc1. The van der Waals surface area contributed by atoms with E-state index in [2.05, 4.69) is 15.8 Å². The van der Waals surface area contributed by atoms with Crippen molar-refractivity contribution in [2.75, 3.05) is 12.4 Å². The lowest BCUT2D eigenvalue weighted by Crippen LogP contribution is -2.17. The van der Waals surface area contributed by atoms with E-state index in [1.165, 1.54) is 0 Å². The molecule has 4 rings (SSSR count). The van der Waals surface area contributed by atoms with Gasteiger partial charge in [-0.25, -0.2) is 0 Å². The first kappa shape index (κ1) is 17.5. The average Bonchev–Trinajstić information content (AvgIpc) is 3.17. The summed E-state index contributed by atoms with van der Waals surface area (Å²) >= 11 is 0. The quantitative estimate of drug-likeness (QED) is 0.565. The van der Waals surface area contributed by atoms with Gasteiger partial charge in [-0.2, -0.15) is 0 Å². The van der Waals surface area contributed by atoms with Crippen molar-refractivity contribution in [1.29, 1.82) is 0 Å². The Labute approximate surface area is 161 Å². The second-order valence-electron chi connectivity index (χ2n) is 6.22. The highest BCUT2D eigenvalue weighted by molar-refractivity contribution is 6.07. The van der Waals surface area contributed by atoms with Crippen LogP contribution in [0.4, 0.5) is 5.69 Å². The largest absolute Gasteiger partial charge is 0.355 e. The highest BCUT2D eigenvalue weighted by Gasteiger charge is 2.14. The Morgan fingerprint density at radius 3 is 2.29 bits per heavy atom. The minimum atomic E-state index is -0.255. The molecule has 0 unspecified atom stereocenters. The number of nitrogens with one attached hydrogen (secondary N) is 2. The third-order valence-corrected chi connectivity index (χ3v) is 4.41. The summed E-state index contributed by atoms with van der Waals surface area (Å²) in [5, 5.41) is 10.2. The lowest BCUT2D eigenvalue weighted by Gasteiger charge is -2.06. The summed E-state index contributed by atoms with van der Waals surface area (Å²) in [6.07, 6.45) is 0. The first-order valence-corrected chi connectivity index (χ1v) is 8.74. The van der Waals surface area contributed by atoms with Crippen LogP contribution in [0.3, 0.4) is 0 Å². The average molecular weight is 371 g/mol. The Kier molecular flexibility index (Phi) is 4.60. The fourth-order valence-corrected chi connectivity index (χ4v) is 2.93. The van der Waals surface area contributed by atoms with Crippen molar-refractivity contribution in [2.45, 2.75) is 0 Å². The second kappa shape index (κ2) is 7.36. The number of anilines is 1. The van der Waals surface area contributed by atoms with Crippen LogP contribution >= 0.6 is 0 Å². The van der Waals surface area contributed by atoms with Gasteiger partial charge in [0.25, 0.3) is 11.8 Å². The van der Waals surface area contributed by atoms with Crippen LogP contribution < -0.4 is 10.6 Å². The van der Waals surface area contributed by atoms with Crippen LogP contribution in [0, 0.1) is 0 Å². The summed E-state index contributed by atoms with van der Waals surface area (Å²) in [4.78, 5) is 24.3. The third-order valence-electron chi connectivity index (χ3n) is 4.41. The molecule has 3 aromatic carbocycles. The van der Waals surface area contributed by atoms with Gasteiger partial charge in [-0.15, -0.1) is 0 Å². The molecule has 4 aromatic rings. The van der Waals surface area contributed by atoms with Crippen molar-refractivity contribution >= 4 is 28.4 Å². The summed E-state index contributed by atoms with van der Waals surface area (Å²) in [7, 11) is 1.57. The summed E-state index contributed by atoms with van der Waals surface area (Å²) in [6.45, 7) is 0. The van der Waals surface area contributed by atoms with E-state index in [4.69, 9.17) is 4.52 Å². The van der Waals surface area contributed by atoms with Crippen molar-refractivity contribution in [3.63, 3.8) is 0 Å². The number of benzene rings is 3. The molecule has 0 saturated heterocycles. The Balaban J connectivity index is 1.60. The van der Waals surface area contributed by atoms with E-state index < -0.39 is 0 Å². The van der Waals surface area contributed by atoms with Crippen LogP contribution in [0.5, 0.6) is 0 Å². The summed E-state index contributed by atoms with van der Waals surface area (Å²) in [6, 6.07) is 21.6. The first-order valence-electron chi connectivity index (χ1n) is 8.74. The minimum absolute atomic E-state index is 0.177. The van der Waals surface area contributed by atoms with Gasteiger partial charge < -0.3 is 15.2 Å². The standard InChI is InChI=1S/C22H17N3O3/c1-23-21(26)15-7-10-17(11-8-15)24-22(27)16-9-12-19-18(13-16)20(28-25-19)14-5-3-2-4-6-14/h2-13H,1H3,(H,23,26)(H,24,27). The van der Waals surface area contributed by atoms with Gasteiger partial charge in [0, 0.05) is 29.4 Å². The molecule has 0 aliphatic carbocycles. The minimum Gasteiger partial charge on any atom is -0.355 e. The van der Waals surface area contributed by atoms with Gasteiger partial charge in [0.1, 0.15) is 5.52 Å². The third kappa shape index (κ3) is 3.35. The summed E-state index contributed by atoms with van der Waals surface area (Å²) in [5.41, 5.74) is 3.20. The maximum atomic E-state index is 12.7. The van der Waals surface area contributed by atoms with Crippen LogP contribution in [-0.2, 0) is 0 Å². The maximum Gasteiger partial charge on any atom is 0.255 e. The van der Waals surface area contributed by atoms with Gasteiger partial charge >= 0.3 is 0 Å². The summed E-state index contributed by atoms with van der Waals surface area (Å²) < 4.78 is 5.48. The van der Waals surface area contributed by atoms with Crippen LogP contribution in [0.15, 0.2) is 77.3 Å². The molecule has 2 N–H and O–H groups in total. The molecule has 0 aliphatic rings. The Morgan fingerprint density at radius 2 is 1.57 bits per heavy atom. The number of nitrogens with zero attached hydrogens (tertiary/aromatic N) is 1. The monoisotopic (exact) mass is 371 g/mol.